The van der Waals surface area contributed by atoms with E-state index < -0.39 is 5.97 Å². The Morgan fingerprint density at radius 2 is 0.917 bits per heavy atom. The molecule has 0 aliphatic carbocycles. The summed E-state index contributed by atoms with van der Waals surface area (Å²) < 4.78 is 0. The fourth-order valence-electron chi connectivity index (χ4n) is 3.58. The van der Waals surface area contributed by atoms with Gasteiger partial charge < -0.3 is 15.7 Å². The molecule has 4 heteroatoms. The van der Waals surface area contributed by atoms with Gasteiger partial charge in [-0.3, -0.25) is 4.79 Å². The lowest BCUT2D eigenvalue weighted by Gasteiger charge is -2.36. The quantitative estimate of drug-likeness (QED) is 0.587. The molecule has 0 saturated carbocycles. The number of carboxylic acid groups (broad SMARTS) is 1. The van der Waals surface area contributed by atoms with Gasteiger partial charge in [0, 0.05) is 31.1 Å². The van der Waals surface area contributed by atoms with E-state index in [1.807, 2.05) is 0 Å². The van der Waals surface area contributed by atoms with E-state index >= 15 is 0 Å². The van der Waals surface area contributed by atoms with Gasteiger partial charge in [0.2, 0.25) is 0 Å². The van der Waals surface area contributed by atoms with Gasteiger partial charge in [0.15, 0.2) is 0 Å². The molecular weight excluding hydrogens is 300 g/mol. The number of rotatable bonds is 7. The fourth-order valence-corrected chi connectivity index (χ4v) is 3.58. The van der Waals surface area contributed by atoms with Crippen molar-refractivity contribution in [1.29, 1.82) is 0 Å². The molecule has 0 fully saturated rings. The van der Waals surface area contributed by atoms with Gasteiger partial charge in [-0.2, -0.15) is 0 Å². The highest BCUT2D eigenvalue weighted by Gasteiger charge is 2.26. The van der Waals surface area contributed by atoms with Crippen molar-refractivity contribution < 1.29 is 9.90 Å². The van der Waals surface area contributed by atoms with E-state index in [4.69, 9.17) is 9.90 Å². The van der Waals surface area contributed by atoms with Crippen molar-refractivity contribution in [2.45, 2.75) is 100 Å². The summed E-state index contributed by atoms with van der Waals surface area (Å²) in [5.74, 6) is -0.833. The minimum Gasteiger partial charge on any atom is -0.481 e. The first-order valence-corrected chi connectivity index (χ1v) is 9.05. The van der Waals surface area contributed by atoms with E-state index in [0.29, 0.717) is 10.8 Å². The van der Waals surface area contributed by atoms with Gasteiger partial charge in [0.1, 0.15) is 0 Å². The average Bonchev–Trinajstić information content (AvgIpc) is 2.16. The van der Waals surface area contributed by atoms with Crippen LogP contribution in [0.3, 0.4) is 0 Å². The highest BCUT2D eigenvalue weighted by atomic mass is 16.4. The molecule has 0 spiro atoms. The maximum absolute atomic E-state index is 9.00. The predicted molar refractivity (Wildman–Crippen MR) is 106 cm³/mol. The lowest BCUT2D eigenvalue weighted by molar-refractivity contribution is -0.134. The Morgan fingerprint density at radius 3 is 1.08 bits per heavy atom. The molecule has 0 aromatic carbocycles. The summed E-state index contributed by atoms with van der Waals surface area (Å²) >= 11 is 0. The highest BCUT2D eigenvalue weighted by Crippen LogP contribution is 2.27. The fraction of sp³-hybridized carbons (Fsp3) is 0.950. The molecule has 0 saturated heterocycles. The van der Waals surface area contributed by atoms with E-state index in [9.17, 15) is 0 Å². The molecular formula is C20H44N2O2. The van der Waals surface area contributed by atoms with Crippen molar-refractivity contribution >= 4 is 5.97 Å². The lowest BCUT2D eigenvalue weighted by Crippen LogP contribution is -2.49. The molecule has 0 radical (unpaired) electrons. The second-order valence-corrected chi connectivity index (χ2v) is 10.6. The van der Waals surface area contributed by atoms with Gasteiger partial charge in [-0.1, -0.05) is 41.5 Å². The normalized spacial score (nSPS) is 13.3. The van der Waals surface area contributed by atoms with Crippen molar-refractivity contribution in [3.05, 3.63) is 0 Å². The van der Waals surface area contributed by atoms with Crippen LogP contribution in [0.15, 0.2) is 0 Å². The van der Waals surface area contributed by atoms with Crippen LogP contribution in [0.2, 0.25) is 0 Å². The van der Waals surface area contributed by atoms with Crippen LogP contribution in [0, 0.1) is 10.8 Å². The summed E-state index contributed by atoms with van der Waals surface area (Å²) in [4.78, 5) is 9.00. The summed E-state index contributed by atoms with van der Waals surface area (Å²) in [6.07, 6.45) is 2.37. The summed E-state index contributed by atoms with van der Waals surface area (Å²) in [5.41, 5.74) is 1.15. The van der Waals surface area contributed by atoms with Crippen molar-refractivity contribution in [3.8, 4) is 0 Å². The molecule has 0 aromatic heterocycles. The van der Waals surface area contributed by atoms with E-state index in [1.165, 1.54) is 12.8 Å². The number of hydrogen-bond acceptors (Lipinski definition) is 3. The molecule has 0 atom stereocenters. The number of carbonyl (C=O) groups is 1. The lowest BCUT2D eigenvalue weighted by atomic mass is 9.81. The molecule has 4 nitrogen and oxygen atoms in total. The van der Waals surface area contributed by atoms with Gasteiger partial charge in [-0.15, -0.1) is 0 Å². The second-order valence-electron chi connectivity index (χ2n) is 10.6. The van der Waals surface area contributed by atoms with Crippen LogP contribution in [-0.2, 0) is 4.79 Å². The molecule has 146 valence electrons. The zero-order chi connectivity index (χ0) is 19.8. The largest absolute Gasteiger partial charge is 0.481 e. The molecule has 0 aromatic rings. The molecule has 0 bridgehead atoms. The van der Waals surface area contributed by atoms with Crippen LogP contribution in [0.25, 0.3) is 0 Å². The topological polar surface area (TPSA) is 61.4 Å². The third-order valence-electron chi connectivity index (χ3n) is 3.28. The smallest absolute Gasteiger partial charge is 0.300 e. The zero-order valence-corrected chi connectivity index (χ0v) is 18.2. The Bertz CT molecular complexity index is 327. The second kappa shape index (κ2) is 9.76. The van der Waals surface area contributed by atoms with Gasteiger partial charge in [0.25, 0.3) is 5.97 Å². The Labute approximate surface area is 151 Å². The zero-order valence-electron chi connectivity index (χ0n) is 18.2. The molecule has 0 rings (SSSR count). The Hall–Kier alpha value is -0.610. The summed E-state index contributed by atoms with van der Waals surface area (Å²) in [7, 11) is 0. The van der Waals surface area contributed by atoms with Crippen molar-refractivity contribution in [2.75, 3.05) is 13.1 Å². The van der Waals surface area contributed by atoms with Gasteiger partial charge in [-0.05, 0) is 51.4 Å². The number of nitrogens with one attached hydrogen (secondary N) is 2. The van der Waals surface area contributed by atoms with Crippen LogP contribution >= 0.6 is 0 Å². The minimum absolute atomic E-state index is 0.202. The van der Waals surface area contributed by atoms with E-state index in [1.54, 1.807) is 0 Å². The Kier molecular flexibility index (Phi) is 10.4. The molecule has 3 N–H and O–H groups in total. The maximum Gasteiger partial charge on any atom is 0.300 e. The summed E-state index contributed by atoms with van der Waals surface area (Å²) in [6.45, 7) is 26.2. The summed E-state index contributed by atoms with van der Waals surface area (Å²) in [6, 6.07) is 0. The van der Waals surface area contributed by atoms with Gasteiger partial charge in [0.05, 0.1) is 0 Å². The number of aliphatic carboxylic acids is 1. The van der Waals surface area contributed by atoms with Gasteiger partial charge in [-0.25, -0.2) is 0 Å². The van der Waals surface area contributed by atoms with E-state index in [-0.39, 0.29) is 11.1 Å². The monoisotopic (exact) mass is 344 g/mol. The van der Waals surface area contributed by atoms with Crippen LogP contribution in [0.5, 0.6) is 0 Å². The molecule has 0 aliphatic heterocycles. The molecule has 0 aliphatic rings. The Morgan fingerprint density at radius 1 is 0.708 bits per heavy atom. The standard InChI is InChI=1S/C18H40N2.C2H4O2/c1-15(2,3)13-17(7,8)19-11-12-20-18(9,10)14-16(4,5)6;1-2(3)4/h19-20H,11-14H2,1-10H3;1H3,(H,3,4). The maximum atomic E-state index is 9.00. The predicted octanol–water partition coefficient (Wildman–Crippen LogP) is 4.69. The first-order chi connectivity index (χ1) is 10.4. The minimum atomic E-state index is -0.833. The Balaban J connectivity index is 0. The number of carboxylic acids is 1. The molecule has 0 unspecified atom stereocenters. The SMILES string of the molecule is CC(=O)O.CC(C)(C)CC(C)(C)NCCNC(C)(C)CC(C)(C)C. The van der Waals surface area contributed by atoms with Crippen molar-refractivity contribution in [2.24, 2.45) is 10.8 Å². The first-order valence-electron chi connectivity index (χ1n) is 9.05. The highest BCUT2D eigenvalue weighted by molar-refractivity contribution is 5.62. The third-order valence-corrected chi connectivity index (χ3v) is 3.28. The van der Waals surface area contributed by atoms with Crippen LogP contribution < -0.4 is 10.6 Å². The van der Waals surface area contributed by atoms with E-state index in [2.05, 4.69) is 79.9 Å². The van der Waals surface area contributed by atoms with E-state index in [0.717, 1.165) is 20.0 Å². The van der Waals surface area contributed by atoms with Crippen LogP contribution in [0.4, 0.5) is 0 Å². The molecule has 24 heavy (non-hydrogen) atoms. The third kappa shape index (κ3) is 21.4. The number of hydrogen-bond donors (Lipinski definition) is 3. The first kappa shape index (κ1) is 25.6. The molecule has 0 amide bonds. The van der Waals surface area contributed by atoms with Crippen molar-refractivity contribution in [3.63, 3.8) is 0 Å². The summed E-state index contributed by atoms with van der Waals surface area (Å²) in [5, 5.41) is 14.8. The molecule has 0 heterocycles. The van der Waals surface area contributed by atoms with Crippen LogP contribution in [0.1, 0.15) is 89.0 Å². The average molecular weight is 345 g/mol. The van der Waals surface area contributed by atoms with Gasteiger partial charge >= 0.3 is 0 Å². The van der Waals surface area contributed by atoms with Crippen molar-refractivity contribution in [1.82, 2.24) is 10.6 Å². The van der Waals surface area contributed by atoms with Crippen LogP contribution in [-0.4, -0.2) is 35.2 Å².